The summed E-state index contributed by atoms with van der Waals surface area (Å²) in [6.45, 7) is 0.594. The molecule has 0 amide bonds. The van der Waals surface area contributed by atoms with E-state index < -0.39 is 92.6 Å². The number of hydrogen-bond donors (Lipinski definition) is 9. The molecule has 9 N–H and O–H groups in total. The largest absolute Gasteiger partial charge is 0.388 e. The van der Waals surface area contributed by atoms with Crippen LogP contribution in [0.15, 0.2) is 0 Å². The first-order chi connectivity index (χ1) is 14.5. The minimum Gasteiger partial charge on any atom is -0.388 e. The van der Waals surface area contributed by atoms with E-state index in [1.165, 1.54) is 6.92 Å². The molecule has 0 aromatic rings. The van der Waals surface area contributed by atoms with E-state index in [0.717, 1.165) is 0 Å². The van der Waals surface area contributed by atoms with Crippen LogP contribution >= 0.6 is 0 Å². The van der Waals surface area contributed by atoms with Crippen LogP contribution in [0.4, 0.5) is 0 Å². The molecule has 31 heavy (non-hydrogen) atoms. The summed E-state index contributed by atoms with van der Waals surface area (Å²) in [5.41, 5.74) is 0. The summed E-state index contributed by atoms with van der Waals surface area (Å²) in [7, 11) is 0. The van der Waals surface area contributed by atoms with E-state index in [4.69, 9.17) is 23.7 Å². The second-order valence-electron chi connectivity index (χ2n) is 7.91. The highest BCUT2D eigenvalue weighted by Gasteiger charge is 2.49. The number of ether oxygens (including phenoxy) is 5. The molecule has 3 saturated heterocycles. The van der Waals surface area contributed by atoms with Crippen LogP contribution in [0, 0.1) is 0 Å². The monoisotopic (exact) mass is 458 g/mol. The third-order valence-electron chi connectivity index (χ3n) is 5.64. The molecular weight excluding hydrogens is 428 g/mol. The molecule has 14 atom stereocenters. The Balaban J connectivity index is 1.68. The molecule has 3 heterocycles. The Morgan fingerprint density at radius 3 is 2.06 bits per heavy atom. The van der Waals surface area contributed by atoms with E-state index in [1.54, 1.807) is 0 Å². The third-order valence-corrected chi connectivity index (χ3v) is 5.64. The molecule has 14 nitrogen and oxygen atoms in total. The zero-order valence-corrected chi connectivity index (χ0v) is 16.6. The van der Waals surface area contributed by atoms with Crippen LogP contribution in [-0.4, -0.2) is 145 Å². The summed E-state index contributed by atoms with van der Waals surface area (Å²) in [5, 5.41) is 88.9. The number of hydrogen-bond acceptors (Lipinski definition) is 14. The summed E-state index contributed by atoms with van der Waals surface area (Å²) in [6.07, 6.45) is -21.0. The van der Waals surface area contributed by atoms with Gasteiger partial charge in [0.05, 0.1) is 19.3 Å². The lowest BCUT2D eigenvalue weighted by Crippen LogP contribution is -2.63. The fraction of sp³-hybridized carbons (Fsp3) is 1.00. The van der Waals surface area contributed by atoms with Crippen molar-refractivity contribution in [2.75, 3.05) is 13.2 Å². The minimum atomic E-state index is -1.78. The summed E-state index contributed by atoms with van der Waals surface area (Å²) < 4.78 is 26.6. The molecule has 182 valence electrons. The Bertz CT molecular complexity index is 581. The molecule has 0 saturated carbocycles. The fourth-order valence-electron chi connectivity index (χ4n) is 3.59. The van der Waals surface area contributed by atoms with Gasteiger partial charge in [0.15, 0.2) is 18.9 Å². The Kier molecular flexibility index (Phi) is 8.21. The maximum absolute atomic E-state index is 10.4. The van der Waals surface area contributed by atoms with Crippen molar-refractivity contribution in [2.24, 2.45) is 0 Å². The second kappa shape index (κ2) is 10.1. The average molecular weight is 458 g/mol. The zero-order valence-electron chi connectivity index (χ0n) is 16.6. The number of rotatable bonds is 5. The van der Waals surface area contributed by atoms with Gasteiger partial charge in [-0.05, 0) is 6.92 Å². The van der Waals surface area contributed by atoms with Crippen molar-refractivity contribution in [3.63, 3.8) is 0 Å². The quantitative estimate of drug-likeness (QED) is 0.187. The van der Waals surface area contributed by atoms with Crippen LogP contribution in [0.5, 0.6) is 0 Å². The van der Waals surface area contributed by atoms with Gasteiger partial charge in [0.2, 0.25) is 0 Å². The van der Waals surface area contributed by atoms with Gasteiger partial charge in [-0.15, -0.1) is 0 Å². The molecule has 0 radical (unpaired) electrons. The predicted molar refractivity (Wildman–Crippen MR) is 93.8 cm³/mol. The van der Waals surface area contributed by atoms with Gasteiger partial charge in [-0.1, -0.05) is 0 Å². The minimum absolute atomic E-state index is 0.364. The van der Waals surface area contributed by atoms with Crippen LogP contribution in [0.25, 0.3) is 0 Å². The van der Waals surface area contributed by atoms with Crippen LogP contribution < -0.4 is 0 Å². The molecule has 0 spiro atoms. The highest BCUT2D eigenvalue weighted by atomic mass is 16.8. The first-order valence-electron chi connectivity index (χ1n) is 9.85. The normalized spacial score (nSPS) is 54.0. The van der Waals surface area contributed by atoms with Crippen LogP contribution in [0.1, 0.15) is 6.92 Å². The molecule has 1 unspecified atom stereocenters. The number of aliphatic hydroxyl groups is 9. The van der Waals surface area contributed by atoms with E-state index in [-0.39, 0.29) is 6.61 Å². The van der Waals surface area contributed by atoms with Crippen molar-refractivity contribution < 1.29 is 69.6 Å². The van der Waals surface area contributed by atoms with Crippen molar-refractivity contribution in [1.29, 1.82) is 0 Å². The molecular formula is C17H30O14. The first kappa shape index (κ1) is 25.1. The Labute approximate surface area is 176 Å². The fourth-order valence-corrected chi connectivity index (χ4v) is 3.59. The summed E-state index contributed by atoms with van der Waals surface area (Å²) >= 11 is 0. The maximum Gasteiger partial charge on any atom is 0.187 e. The molecule has 0 aromatic carbocycles. The van der Waals surface area contributed by atoms with E-state index >= 15 is 0 Å². The molecule has 14 heteroatoms. The van der Waals surface area contributed by atoms with Crippen molar-refractivity contribution in [2.45, 2.75) is 92.9 Å². The van der Waals surface area contributed by atoms with Gasteiger partial charge in [-0.3, -0.25) is 0 Å². The second-order valence-corrected chi connectivity index (χ2v) is 7.91. The van der Waals surface area contributed by atoms with Gasteiger partial charge in [0.25, 0.3) is 0 Å². The molecule has 3 rings (SSSR count). The Morgan fingerprint density at radius 1 is 0.710 bits per heavy atom. The molecule has 0 bridgehead atoms. The van der Waals surface area contributed by atoms with Gasteiger partial charge in [0, 0.05) is 0 Å². The Morgan fingerprint density at radius 2 is 1.39 bits per heavy atom. The van der Waals surface area contributed by atoms with Crippen molar-refractivity contribution >= 4 is 0 Å². The molecule has 3 aliphatic heterocycles. The molecule has 0 aliphatic carbocycles. The first-order valence-corrected chi connectivity index (χ1v) is 9.85. The Hall–Kier alpha value is -0.560. The summed E-state index contributed by atoms with van der Waals surface area (Å²) in [4.78, 5) is 0. The standard InChI is InChI=1S/C17H30O14/c1-4-7(19)11(23)14(31-16-13(25)8(20)5(18)2-27-16)17(29-4)28-3-6-9(21)10(22)12(24)15(26)30-6/h4-26H,2-3H2,1H3/t4-,5-,6-,7+,8+,9-,10+,11+,12-,13-,14-,15?,16+,17-/m1/s1. The zero-order chi connectivity index (χ0) is 23.0. The van der Waals surface area contributed by atoms with E-state index in [9.17, 15) is 46.0 Å². The highest BCUT2D eigenvalue weighted by Crippen LogP contribution is 2.29. The van der Waals surface area contributed by atoms with Gasteiger partial charge in [-0.25, -0.2) is 0 Å². The van der Waals surface area contributed by atoms with E-state index in [0.29, 0.717) is 0 Å². The average Bonchev–Trinajstić information content (AvgIpc) is 2.74. The maximum atomic E-state index is 10.4. The van der Waals surface area contributed by atoms with Crippen LogP contribution in [-0.2, 0) is 23.7 Å². The summed E-state index contributed by atoms with van der Waals surface area (Å²) in [6, 6.07) is 0. The smallest absolute Gasteiger partial charge is 0.187 e. The molecule has 3 aliphatic rings. The lowest BCUT2D eigenvalue weighted by atomic mass is 9.98. The van der Waals surface area contributed by atoms with Gasteiger partial charge >= 0.3 is 0 Å². The van der Waals surface area contributed by atoms with Crippen LogP contribution in [0.3, 0.4) is 0 Å². The van der Waals surface area contributed by atoms with E-state index in [1.807, 2.05) is 0 Å². The van der Waals surface area contributed by atoms with Gasteiger partial charge < -0.3 is 69.6 Å². The topological polar surface area (TPSA) is 228 Å². The highest BCUT2D eigenvalue weighted by molar-refractivity contribution is 4.92. The van der Waals surface area contributed by atoms with E-state index in [2.05, 4.69) is 0 Å². The van der Waals surface area contributed by atoms with Gasteiger partial charge in [0.1, 0.15) is 61.0 Å². The number of aliphatic hydroxyl groups excluding tert-OH is 9. The SMILES string of the molecule is C[C@H]1O[C@@H](OC[C@H]2OC(O)[C@H](O)[C@@H](O)[C@@H]2O)[C@H](O[C@@H]2OC[C@@H](O)[C@H](O)[C@H]2O)[C@@H](O)[C@H]1O. The molecule has 0 aromatic heterocycles. The van der Waals surface area contributed by atoms with Crippen molar-refractivity contribution in [1.82, 2.24) is 0 Å². The third kappa shape index (κ3) is 5.18. The van der Waals surface area contributed by atoms with Gasteiger partial charge in [-0.2, -0.15) is 0 Å². The summed E-state index contributed by atoms with van der Waals surface area (Å²) in [5.74, 6) is 0. The lowest BCUT2D eigenvalue weighted by Gasteiger charge is -2.45. The van der Waals surface area contributed by atoms with Crippen molar-refractivity contribution in [3.05, 3.63) is 0 Å². The molecule has 3 fully saturated rings. The van der Waals surface area contributed by atoms with Crippen LogP contribution in [0.2, 0.25) is 0 Å². The lowest BCUT2D eigenvalue weighted by molar-refractivity contribution is -0.360. The predicted octanol–water partition coefficient (Wildman–Crippen LogP) is -5.91. The van der Waals surface area contributed by atoms with Crippen molar-refractivity contribution in [3.8, 4) is 0 Å².